The first-order valence-corrected chi connectivity index (χ1v) is 10.0. The lowest BCUT2D eigenvalue weighted by Crippen LogP contribution is -2.37. The Kier molecular flexibility index (Phi) is 5.31. The van der Waals surface area contributed by atoms with Gasteiger partial charge in [0.1, 0.15) is 5.69 Å². The zero-order valence-corrected chi connectivity index (χ0v) is 17.4. The summed E-state index contributed by atoms with van der Waals surface area (Å²) in [5, 5.41) is 7.50. The number of carbonyl (C=O) groups excluding carboxylic acids is 1. The number of rotatable bonds is 5. The minimum absolute atomic E-state index is 0.0155. The summed E-state index contributed by atoms with van der Waals surface area (Å²) in [6, 6.07) is 10.6. The summed E-state index contributed by atoms with van der Waals surface area (Å²) in [5.41, 5.74) is 0.925. The average molecular weight is 424 g/mol. The molecule has 8 heteroatoms. The number of carbonyl (C=O) groups is 1. The highest BCUT2D eigenvalue weighted by Gasteiger charge is 2.28. The van der Waals surface area contributed by atoms with Crippen LogP contribution in [0.2, 0.25) is 0 Å². The Balaban J connectivity index is 1.81. The van der Waals surface area contributed by atoms with Crippen molar-refractivity contribution in [3.05, 3.63) is 75.8 Å². The SMILES string of the molecule is CC(C)CN(C(=O)c1cc2ccccc2[nH]1)[C@@H](C)c1n[nH]c(=O)c2cc(F)c(F)cc12. The third-order valence-corrected chi connectivity index (χ3v) is 5.31. The van der Waals surface area contributed by atoms with E-state index in [9.17, 15) is 18.4 Å². The topological polar surface area (TPSA) is 81.8 Å². The first kappa shape index (κ1) is 20.7. The van der Waals surface area contributed by atoms with Crippen molar-refractivity contribution in [2.45, 2.75) is 26.8 Å². The molecule has 0 aliphatic carbocycles. The summed E-state index contributed by atoms with van der Waals surface area (Å²) in [7, 11) is 0. The number of fused-ring (bicyclic) bond motifs is 2. The van der Waals surface area contributed by atoms with Gasteiger partial charge < -0.3 is 9.88 Å². The van der Waals surface area contributed by atoms with Crippen molar-refractivity contribution < 1.29 is 13.6 Å². The quantitative estimate of drug-likeness (QED) is 0.493. The second kappa shape index (κ2) is 7.94. The summed E-state index contributed by atoms with van der Waals surface area (Å²) in [6.45, 7) is 6.11. The number of benzene rings is 2. The number of nitrogens with one attached hydrogen (secondary N) is 2. The monoisotopic (exact) mass is 424 g/mol. The number of nitrogens with zero attached hydrogens (tertiary/aromatic N) is 2. The Morgan fingerprint density at radius 2 is 1.74 bits per heavy atom. The molecule has 0 saturated carbocycles. The van der Waals surface area contributed by atoms with Gasteiger partial charge >= 0.3 is 0 Å². The Morgan fingerprint density at radius 1 is 1.06 bits per heavy atom. The van der Waals surface area contributed by atoms with E-state index < -0.39 is 23.2 Å². The van der Waals surface area contributed by atoms with E-state index in [4.69, 9.17) is 0 Å². The van der Waals surface area contributed by atoms with Crippen LogP contribution in [0.5, 0.6) is 0 Å². The van der Waals surface area contributed by atoms with Crippen molar-refractivity contribution in [2.75, 3.05) is 6.54 Å². The van der Waals surface area contributed by atoms with E-state index in [1.807, 2.05) is 38.1 Å². The lowest BCUT2D eigenvalue weighted by molar-refractivity contribution is 0.0657. The van der Waals surface area contributed by atoms with Gasteiger partial charge in [0.2, 0.25) is 0 Å². The van der Waals surface area contributed by atoms with E-state index in [0.717, 1.165) is 23.0 Å². The molecule has 1 amide bonds. The zero-order chi connectivity index (χ0) is 22.3. The van der Waals surface area contributed by atoms with Crippen molar-refractivity contribution in [2.24, 2.45) is 5.92 Å². The lowest BCUT2D eigenvalue weighted by Gasteiger charge is -2.30. The fourth-order valence-corrected chi connectivity index (χ4v) is 3.80. The molecule has 0 aliphatic heterocycles. The van der Waals surface area contributed by atoms with Gasteiger partial charge in [0.25, 0.3) is 11.5 Å². The highest BCUT2D eigenvalue weighted by molar-refractivity contribution is 5.98. The molecule has 0 aliphatic rings. The maximum absolute atomic E-state index is 14.0. The van der Waals surface area contributed by atoms with Crippen molar-refractivity contribution in [3.63, 3.8) is 0 Å². The van der Waals surface area contributed by atoms with Gasteiger partial charge in [-0.05, 0) is 37.1 Å². The van der Waals surface area contributed by atoms with Crippen LogP contribution in [0, 0.1) is 17.6 Å². The second-order valence-electron chi connectivity index (χ2n) is 8.05. The molecule has 160 valence electrons. The molecule has 4 rings (SSSR count). The van der Waals surface area contributed by atoms with E-state index in [-0.39, 0.29) is 22.6 Å². The van der Waals surface area contributed by atoms with Crippen LogP contribution in [0.3, 0.4) is 0 Å². The largest absolute Gasteiger partial charge is 0.351 e. The van der Waals surface area contributed by atoms with E-state index in [1.54, 1.807) is 17.9 Å². The molecular weight excluding hydrogens is 402 g/mol. The molecule has 6 nitrogen and oxygen atoms in total. The van der Waals surface area contributed by atoms with Gasteiger partial charge in [-0.1, -0.05) is 32.0 Å². The summed E-state index contributed by atoms with van der Waals surface area (Å²) < 4.78 is 27.7. The third kappa shape index (κ3) is 3.81. The van der Waals surface area contributed by atoms with Crippen molar-refractivity contribution >= 4 is 27.6 Å². The van der Waals surface area contributed by atoms with Crippen LogP contribution in [-0.4, -0.2) is 32.5 Å². The number of amides is 1. The molecule has 0 saturated heterocycles. The summed E-state index contributed by atoms with van der Waals surface area (Å²) in [5.74, 6) is -2.30. The number of hydrogen-bond donors (Lipinski definition) is 2. The van der Waals surface area contributed by atoms with E-state index >= 15 is 0 Å². The zero-order valence-electron chi connectivity index (χ0n) is 17.4. The summed E-state index contributed by atoms with van der Waals surface area (Å²) in [4.78, 5) is 30.3. The molecule has 2 aromatic heterocycles. The maximum Gasteiger partial charge on any atom is 0.272 e. The average Bonchev–Trinajstić information content (AvgIpc) is 3.17. The Hall–Kier alpha value is -3.55. The molecule has 31 heavy (non-hydrogen) atoms. The molecule has 2 heterocycles. The standard InChI is InChI=1S/C23H22F2N4O2/c1-12(2)11-29(23(31)20-8-14-6-4-5-7-19(14)26-20)13(3)21-15-9-17(24)18(25)10-16(15)22(30)28-27-21/h4-10,12-13,26H,11H2,1-3H3,(H,28,30)/t13-/m0/s1. The highest BCUT2D eigenvalue weighted by atomic mass is 19.2. The van der Waals surface area contributed by atoms with Gasteiger partial charge in [-0.2, -0.15) is 5.10 Å². The Bertz CT molecular complexity index is 1310. The van der Waals surface area contributed by atoms with Gasteiger partial charge in [-0.25, -0.2) is 13.9 Å². The maximum atomic E-state index is 14.0. The highest BCUT2D eigenvalue weighted by Crippen LogP contribution is 2.28. The van der Waals surface area contributed by atoms with Crippen molar-refractivity contribution in [3.8, 4) is 0 Å². The summed E-state index contributed by atoms with van der Waals surface area (Å²) >= 11 is 0. The summed E-state index contributed by atoms with van der Waals surface area (Å²) in [6.07, 6.45) is 0. The van der Waals surface area contributed by atoms with Gasteiger partial charge in [0.15, 0.2) is 11.6 Å². The van der Waals surface area contributed by atoms with E-state index in [2.05, 4.69) is 15.2 Å². The third-order valence-electron chi connectivity index (χ3n) is 5.31. The van der Waals surface area contributed by atoms with E-state index in [1.165, 1.54) is 0 Å². The predicted molar refractivity (Wildman–Crippen MR) is 115 cm³/mol. The van der Waals surface area contributed by atoms with Crippen molar-refractivity contribution in [1.82, 2.24) is 20.1 Å². The molecule has 2 N–H and O–H groups in total. The minimum atomic E-state index is -1.11. The molecule has 0 unspecified atom stereocenters. The smallest absolute Gasteiger partial charge is 0.272 e. The number of para-hydroxylation sites is 1. The minimum Gasteiger partial charge on any atom is -0.351 e. The molecular formula is C23H22F2N4O2. The Morgan fingerprint density at radius 3 is 2.42 bits per heavy atom. The number of aromatic nitrogens is 3. The van der Waals surface area contributed by atoms with Crippen LogP contribution in [0.15, 0.2) is 47.3 Å². The molecule has 0 bridgehead atoms. The molecule has 2 aromatic carbocycles. The van der Waals surface area contributed by atoms with Crippen LogP contribution in [0.25, 0.3) is 21.7 Å². The van der Waals surface area contributed by atoms with Crippen LogP contribution in [0.1, 0.15) is 43.0 Å². The first-order valence-electron chi connectivity index (χ1n) is 10.0. The first-order chi connectivity index (χ1) is 14.8. The molecule has 1 atom stereocenters. The van der Waals surface area contributed by atoms with Gasteiger partial charge in [-0.3, -0.25) is 9.59 Å². The molecule has 4 aromatic rings. The number of hydrogen-bond acceptors (Lipinski definition) is 3. The van der Waals surface area contributed by atoms with Crippen LogP contribution in [0.4, 0.5) is 8.78 Å². The second-order valence-corrected chi connectivity index (χ2v) is 8.05. The normalized spacial score (nSPS) is 12.6. The van der Waals surface area contributed by atoms with Crippen LogP contribution < -0.4 is 5.56 Å². The molecule has 0 radical (unpaired) electrons. The van der Waals surface area contributed by atoms with Gasteiger partial charge in [0.05, 0.1) is 17.1 Å². The van der Waals surface area contributed by atoms with Crippen LogP contribution in [-0.2, 0) is 0 Å². The lowest BCUT2D eigenvalue weighted by atomic mass is 10.0. The van der Waals surface area contributed by atoms with Crippen LogP contribution >= 0.6 is 0 Å². The fraction of sp³-hybridized carbons (Fsp3) is 0.261. The number of halogens is 2. The predicted octanol–water partition coefficient (Wildman–Crippen LogP) is 4.54. The van der Waals surface area contributed by atoms with E-state index in [0.29, 0.717) is 17.9 Å². The van der Waals surface area contributed by atoms with Crippen molar-refractivity contribution in [1.29, 1.82) is 0 Å². The number of H-pyrrole nitrogens is 2. The Labute approximate surface area is 176 Å². The number of aromatic amines is 2. The molecule has 0 fully saturated rings. The fourth-order valence-electron chi connectivity index (χ4n) is 3.80. The van der Waals surface area contributed by atoms with Gasteiger partial charge in [-0.15, -0.1) is 0 Å². The molecule has 0 spiro atoms. The van der Waals surface area contributed by atoms with Gasteiger partial charge in [0, 0.05) is 22.8 Å².